The van der Waals surface area contributed by atoms with Gasteiger partial charge in [-0.2, -0.15) is 0 Å². The first-order chi connectivity index (χ1) is 7.63. The van der Waals surface area contributed by atoms with E-state index in [0.717, 1.165) is 11.8 Å². The molecule has 0 aromatic heterocycles. The number of rotatable bonds is 4. The highest BCUT2D eigenvalue weighted by Crippen LogP contribution is 2.17. The first-order valence-electron chi connectivity index (χ1n) is 4.68. The van der Waals surface area contributed by atoms with E-state index in [0.29, 0.717) is 16.3 Å². The summed E-state index contributed by atoms with van der Waals surface area (Å²) in [6.07, 6.45) is 4.48. The molecule has 0 aliphatic heterocycles. The predicted octanol–water partition coefficient (Wildman–Crippen LogP) is 3.45. The van der Waals surface area contributed by atoms with Crippen LogP contribution in [0.1, 0.15) is 22.8 Å². The number of halogens is 1. The molecule has 0 unspecified atom stereocenters. The van der Waals surface area contributed by atoms with Crippen molar-refractivity contribution in [3.63, 3.8) is 0 Å². The van der Waals surface area contributed by atoms with E-state index in [1.165, 1.54) is 18.7 Å². The maximum Gasteiger partial charge on any atom is 0.186 e. The summed E-state index contributed by atoms with van der Waals surface area (Å²) in [6, 6.07) is 5.21. The van der Waals surface area contributed by atoms with Gasteiger partial charge in [0.05, 0.1) is 5.02 Å². The third-order valence-electron chi connectivity index (χ3n) is 1.84. The number of thioether (sulfide) groups is 1. The lowest BCUT2D eigenvalue weighted by atomic mass is 10.1. The SMILES string of the molecule is CC(=O)SCC=Cc1ccc(C=O)c(Cl)c1. The zero-order valence-electron chi connectivity index (χ0n) is 8.77. The van der Waals surface area contributed by atoms with Crippen molar-refractivity contribution in [2.75, 3.05) is 5.75 Å². The quantitative estimate of drug-likeness (QED) is 0.772. The van der Waals surface area contributed by atoms with Gasteiger partial charge in [0, 0.05) is 18.2 Å². The van der Waals surface area contributed by atoms with Crippen LogP contribution in [0.15, 0.2) is 24.3 Å². The van der Waals surface area contributed by atoms with Crippen molar-refractivity contribution < 1.29 is 9.59 Å². The molecule has 0 aliphatic rings. The summed E-state index contributed by atoms with van der Waals surface area (Å²) >= 11 is 7.12. The van der Waals surface area contributed by atoms with Crippen LogP contribution < -0.4 is 0 Å². The molecule has 1 aromatic rings. The number of carbonyl (C=O) groups excluding carboxylic acids is 2. The van der Waals surface area contributed by atoms with Crippen LogP contribution in [0.2, 0.25) is 5.02 Å². The topological polar surface area (TPSA) is 34.1 Å². The van der Waals surface area contributed by atoms with Crippen molar-refractivity contribution in [1.82, 2.24) is 0 Å². The zero-order chi connectivity index (χ0) is 12.0. The molecule has 0 spiro atoms. The fraction of sp³-hybridized carbons (Fsp3) is 0.167. The molecule has 16 heavy (non-hydrogen) atoms. The Kier molecular flexibility index (Phi) is 5.29. The molecule has 0 saturated heterocycles. The summed E-state index contributed by atoms with van der Waals surface area (Å²) in [5.74, 6) is 0.641. The first kappa shape index (κ1) is 13.0. The standard InChI is InChI=1S/C12H11ClO2S/c1-9(15)16-6-2-3-10-4-5-11(8-14)12(13)7-10/h2-5,7-8H,6H2,1H3. The van der Waals surface area contributed by atoms with Crippen molar-refractivity contribution in [3.8, 4) is 0 Å². The minimum absolute atomic E-state index is 0.0963. The molecule has 0 saturated carbocycles. The number of aldehydes is 1. The summed E-state index contributed by atoms with van der Waals surface area (Å²) < 4.78 is 0. The summed E-state index contributed by atoms with van der Waals surface area (Å²) in [5.41, 5.74) is 1.40. The lowest BCUT2D eigenvalue weighted by Gasteiger charge is -1.98. The number of hydrogen-bond donors (Lipinski definition) is 0. The van der Waals surface area contributed by atoms with Gasteiger partial charge in [0.25, 0.3) is 0 Å². The Morgan fingerprint density at radius 2 is 2.25 bits per heavy atom. The molecule has 1 rings (SSSR count). The highest BCUT2D eigenvalue weighted by molar-refractivity contribution is 8.13. The first-order valence-corrected chi connectivity index (χ1v) is 6.04. The van der Waals surface area contributed by atoms with Crippen LogP contribution >= 0.6 is 23.4 Å². The van der Waals surface area contributed by atoms with Gasteiger partial charge in [-0.05, 0) is 17.7 Å². The second-order valence-corrected chi connectivity index (χ2v) is 4.71. The van der Waals surface area contributed by atoms with Crippen LogP contribution in [0.5, 0.6) is 0 Å². The molecule has 0 aliphatic carbocycles. The van der Waals surface area contributed by atoms with Gasteiger partial charge in [-0.15, -0.1) is 0 Å². The summed E-state index contributed by atoms with van der Waals surface area (Å²) in [6.45, 7) is 1.54. The summed E-state index contributed by atoms with van der Waals surface area (Å²) in [7, 11) is 0. The van der Waals surface area contributed by atoms with Gasteiger partial charge in [0.2, 0.25) is 0 Å². The Morgan fingerprint density at radius 1 is 1.50 bits per heavy atom. The molecule has 1 aromatic carbocycles. The molecule has 2 nitrogen and oxygen atoms in total. The number of benzene rings is 1. The predicted molar refractivity (Wildman–Crippen MR) is 69.0 cm³/mol. The molecule has 0 radical (unpaired) electrons. The van der Waals surface area contributed by atoms with Crippen molar-refractivity contribution in [3.05, 3.63) is 40.4 Å². The zero-order valence-corrected chi connectivity index (χ0v) is 10.3. The highest BCUT2D eigenvalue weighted by Gasteiger charge is 1.98. The maximum absolute atomic E-state index is 10.7. The molecule has 4 heteroatoms. The summed E-state index contributed by atoms with van der Waals surface area (Å²) in [5, 5.41) is 0.537. The monoisotopic (exact) mass is 254 g/mol. The average molecular weight is 255 g/mol. The molecule has 84 valence electrons. The largest absolute Gasteiger partial charge is 0.298 e. The van der Waals surface area contributed by atoms with Crippen molar-refractivity contribution >= 4 is 40.8 Å². The minimum Gasteiger partial charge on any atom is -0.298 e. The van der Waals surface area contributed by atoms with Crippen molar-refractivity contribution in [2.45, 2.75) is 6.92 Å². The third kappa shape index (κ3) is 4.21. The number of hydrogen-bond acceptors (Lipinski definition) is 3. The lowest BCUT2D eigenvalue weighted by molar-refractivity contribution is -0.109. The van der Waals surface area contributed by atoms with E-state index >= 15 is 0 Å². The van der Waals surface area contributed by atoms with E-state index in [-0.39, 0.29) is 5.12 Å². The highest BCUT2D eigenvalue weighted by atomic mass is 35.5. The fourth-order valence-corrected chi connectivity index (χ4v) is 1.75. The van der Waals surface area contributed by atoms with E-state index in [9.17, 15) is 9.59 Å². The Bertz CT molecular complexity index is 427. The molecular formula is C12H11ClO2S. The van der Waals surface area contributed by atoms with Gasteiger partial charge in [0.15, 0.2) is 11.4 Å². The van der Waals surface area contributed by atoms with E-state index in [2.05, 4.69) is 0 Å². The number of carbonyl (C=O) groups is 2. The molecule has 0 amide bonds. The van der Waals surface area contributed by atoms with E-state index in [1.807, 2.05) is 18.2 Å². The van der Waals surface area contributed by atoms with Gasteiger partial charge in [0.1, 0.15) is 0 Å². The second-order valence-electron chi connectivity index (χ2n) is 3.10. The molecular weight excluding hydrogens is 244 g/mol. The fourth-order valence-electron chi connectivity index (χ4n) is 1.09. The molecule has 0 fully saturated rings. The summed E-state index contributed by atoms with van der Waals surface area (Å²) in [4.78, 5) is 21.2. The Balaban J connectivity index is 2.64. The second kappa shape index (κ2) is 6.51. The normalized spacial score (nSPS) is 10.6. The molecule has 0 atom stereocenters. The average Bonchev–Trinajstić information content (AvgIpc) is 2.24. The van der Waals surface area contributed by atoms with E-state index < -0.39 is 0 Å². The molecule has 0 heterocycles. The molecule has 0 bridgehead atoms. The van der Waals surface area contributed by atoms with Gasteiger partial charge in [-0.25, -0.2) is 0 Å². The van der Waals surface area contributed by atoms with Crippen LogP contribution in [0.25, 0.3) is 6.08 Å². The van der Waals surface area contributed by atoms with Crippen LogP contribution in [0.3, 0.4) is 0 Å². The van der Waals surface area contributed by atoms with Gasteiger partial charge >= 0.3 is 0 Å². The van der Waals surface area contributed by atoms with Crippen LogP contribution in [-0.4, -0.2) is 17.2 Å². The van der Waals surface area contributed by atoms with Crippen LogP contribution in [0.4, 0.5) is 0 Å². The smallest absolute Gasteiger partial charge is 0.186 e. The van der Waals surface area contributed by atoms with Crippen LogP contribution in [-0.2, 0) is 4.79 Å². The maximum atomic E-state index is 10.7. The van der Waals surface area contributed by atoms with E-state index in [4.69, 9.17) is 11.6 Å². The Labute approximate surface area is 104 Å². The Hall–Kier alpha value is -1.06. The molecule has 0 N–H and O–H groups in total. The van der Waals surface area contributed by atoms with Gasteiger partial charge in [-0.3, -0.25) is 9.59 Å². The lowest BCUT2D eigenvalue weighted by Crippen LogP contribution is -1.84. The minimum atomic E-state index is 0.0963. The van der Waals surface area contributed by atoms with Crippen LogP contribution in [0, 0.1) is 0 Å². The third-order valence-corrected chi connectivity index (χ3v) is 2.94. The van der Waals surface area contributed by atoms with Crippen molar-refractivity contribution in [1.29, 1.82) is 0 Å². The Morgan fingerprint density at radius 3 is 2.81 bits per heavy atom. The van der Waals surface area contributed by atoms with Gasteiger partial charge < -0.3 is 0 Å². The van der Waals surface area contributed by atoms with Gasteiger partial charge in [-0.1, -0.05) is 41.6 Å². The van der Waals surface area contributed by atoms with Crippen molar-refractivity contribution in [2.24, 2.45) is 0 Å². The van der Waals surface area contributed by atoms with E-state index in [1.54, 1.807) is 12.1 Å².